The van der Waals surface area contributed by atoms with Crippen LogP contribution in [0.25, 0.3) is 0 Å². The van der Waals surface area contributed by atoms with Gasteiger partial charge in [0.25, 0.3) is 0 Å². The van der Waals surface area contributed by atoms with E-state index in [4.69, 9.17) is 22.5 Å². The first-order valence-corrected chi connectivity index (χ1v) is 6.52. The Kier molecular flexibility index (Phi) is 4.44. The van der Waals surface area contributed by atoms with Crippen molar-refractivity contribution in [1.82, 2.24) is 4.90 Å². The normalized spacial score (nSPS) is 16.2. The van der Waals surface area contributed by atoms with Gasteiger partial charge in [0.1, 0.15) is 5.84 Å². The van der Waals surface area contributed by atoms with Crippen molar-refractivity contribution in [3.8, 4) is 0 Å². The smallest absolute Gasteiger partial charge is 0.140 e. The topological polar surface area (TPSA) is 61.8 Å². The Morgan fingerprint density at radius 2 is 2.17 bits per heavy atom. The molecule has 1 saturated carbocycles. The molecule has 0 atom stereocenters. The molecule has 18 heavy (non-hydrogen) atoms. The zero-order valence-electron chi connectivity index (χ0n) is 10.2. The number of halogens is 1. The molecule has 3 N–H and O–H groups in total. The minimum Gasteiger partial charge on any atom is -0.409 e. The van der Waals surface area contributed by atoms with E-state index in [9.17, 15) is 0 Å². The van der Waals surface area contributed by atoms with Crippen LogP contribution in [0.5, 0.6) is 0 Å². The van der Waals surface area contributed by atoms with Crippen LogP contribution in [0, 0.1) is 0 Å². The molecule has 1 aromatic carbocycles. The van der Waals surface area contributed by atoms with Gasteiger partial charge in [0, 0.05) is 30.6 Å². The third-order valence-corrected chi connectivity index (χ3v) is 3.55. The minimum absolute atomic E-state index is 0.278. The lowest BCUT2D eigenvalue weighted by atomic mass is 10.2. The van der Waals surface area contributed by atoms with Crippen molar-refractivity contribution in [3.05, 3.63) is 34.9 Å². The fourth-order valence-corrected chi connectivity index (χ4v) is 2.18. The van der Waals surface area contributed by atoms with Gasteiger partial charge in [-0.05, 0) is 24.5 Å². The van der Waals surface area contributed by atoms with Gasteiger partial charge in [0.05, 0.1) is 0 Å². The summed E-state index contributed by atoms with van der Waals surface area (Å²) in [7, 11) is 0. The highest BCUT2D eigenvalue weighted by molar-refractivity contribution is 6.31. The highest BCUT2D eigenvalue weighted by atomic mass is 35.5. The molecule has 98 valence electrons. The van der Waals surface area contributed by atoms with Crippen LogP contribution in [0.3, 0.4) is 0 Å². The van der Waals surface area contributed by atoms with Crippen LogP contribution in [0.4, 0.5) is 0 Å². The number of hydrogen-bond donors (Lipinski definition) is 2. The third-order valence-electron chi connectivity index (χ3n) is 3.18. The molecule has 0 aromatic heterocycles. The molecule has 1 aliphatic carbocycles. The molecule has 0 amide bonds. The predicted molar refractivity (Wildman–Crippen MR) is 72.9 cm³/mol. The molecule has 5 heteroatoms. The van der Waals surface area contributed by atoms with Gasteiger partial charge < -0.3 is 10.9 Å². The number of amidine groups is 1. The zero-order chi connectivity index (χ0) is 13.0. The summed E-state index contributed by atoms with van der Waals surface area (Å²) in [6.45, 7) is 1.62. The van der Waals surface area contributed by atoms with Crippen LogP contribution in [0.15, 0.2) is 29.4 Å². The number of benzene rings is 1. The van der Waals surface area contributed by atoms with Crippen molar-refractivity contribution in [1.29, 1.82) is 0 Å². The van der Waals surface area contributed by atoms with E-state index in [0.717, 1.165) is 23.7 Å². The Labute approximate surface area is 112 Å². The molecule has 0 radical (unpaired) electrons. The molecule has 0 spiro atoms. The van der Waals surface area contributed by atoms with Crippen molar-refractivity contribution in [2.45, 2.75) is 31.8 Å². The predicted octanol–water partition coefficient (Wildman–Crippen LogP) is 2.44. The molecule has 0 aliphatic heterocycles. The van der Waals surface area contributed by atoms with E-state index in [-0.39, 0.29) is 5.84 Å². The van der Waals surface area contributed by atoms with Gasteiger partial charge in [-0.15, -0.1) is 0 Å². The van der Waals surface area contributed by atoms with E-state index in [2.05, 4.69) is 10.1 Å². The first kappa shape index (κ1) is 13.2. The molecular formula is C13H18ClN3O. The lowest BCUT2D eigenvalue weighted by molar-refractivity contribution is 0.259. The summed E-state index contributed by atoms with van der Waals surface area (Å²) in [4.78, 5) is 2.35. The molecule has 0 saturated heterocycles. The van der Waals surface area contributed by atoms with Crippen LogP contribution in [-0.4, -0.2) is 28.5 Å². The first-order chi connectivity index (χ1) is 8.70. The number of rotatable bonds is 6. The molecule has 1 aromatic rings. The second-order valence-electron chi connectivity index (χ2n) is 4.63. The quantitative estimate of drug-likeness (QED) is 0.360. The van der Waals surface area contributed by atoms with Crippen LogP contribution in [-0.2, 0) is 6.54 Å². The van der Waals surface area contributed by atoms with E-state index >= 15 is 0 Å². The van der Waals surface area contributed by atoms with Gasteiger partial charge in [0.2, 0.25) is 0 Å². The SMILES string of the molecule is N/C(CCN(Cc1ccccc1Cl)C1CC1)=N/O. The molecule has 0 bridgehead atoms. The molecule has 2 rings (SSSR count). The zero-order valence-corrected chi connectivity index (χ0v) is 11.0. The second kappa shape index (κ2) is 6.07. The maximum Gasteiger partial charge on any atom is 0.140 e. The third kappa shape index (κ3) is 3.62. The molecular weight excluding hydrogens is 250 g/mol. The van der Waals surface area contributed by atoms with Gasteiger partial charge in [0.15, 0.2) is 0 Å². The van der Waals surface area contributed by atoms with E-state index in [1.54, 1.807) is 0 Å². The van der Waals surface area contributed by atoms with Crippen LogP contribution >= 0.6 is 11.6 Å². The summed E-state index contributed by atoms with van der Waals surface area (Å²) in [5, 5.41) is 12.4. The Balaban J connectivity index is 1.96. The minimum atomic E-state index is 0.278. The lowest BCUT2D eigenvalue weighted by Gasteiger charge is -2.22. The summed E-state index contributed by atoms with van der Waals surface area (Å²) in [6.07, 6.45) is 3.03. The Morgan fingerprint density at radius 1 is 1.44 bits per heavy atom. The fourth-order valence-electron chi connectivity index (χ4n) is 1.98. The molecule has 4 nitrogen and oxygen atoms in total. The fraction of sp³-hybridized carbons (Fsp3) is 0.462. The van der Waals surface area contributed by atoms with E-state index in [1.165, 1.54) is 12.8 Å². The van der Waals surface area contributed by atoms with Crippen LogP contribution in [0.1, 0.15) is 24.8 Å². The Morgan fingerprint density at radius 3 is 2.78 bits per heavy atom. The van der Waals surface area contributed by atoms with Crippen molar-refractivity contribution in [2.75, 3.05) is 6.54 Å². The number of hydrogen-bond acceptors (Lipinski definition) is 3. The summed E-state index contributed by atoms with van der Waals surface area (Å²) in [5.74, 6) is 0.278. The van der Waals surface area contributed by atoms with E-state index in [0.29, 0.717) is 12.5 Å². The average molecular weight is 268 g/mol. The molecule has 0 unspecified atom stereocenters. The summed E-state index contributed by atoms with van der Waals surface area (Å²) >= 11 is 6.17. The van der Waals surface area contributed by atoms with Gasteiger partial charge in [-0.3, -0.25) is 4.90 Å². The Hall–Kier alpha value is -1.26. The van der Waals surface area contributed by atoms with Crippen molar-refractivity contribution < 1.29 is 5.21 Å². The van der Waals surface area contributed by atoms with Crippen molar-refractivity contribution in [3.63, 3.8) is 0 Å². The average Bonchev–Trinajstić information content (AvgIpc) is 3.20. The number of oxime groups is 1. The Bertz CT molecular complexity index is 432. The van der Waals surface area contributed by atoms with Crippen molar-refractivity contribution in [2.24, 2.45) is 10.9 Å². The first-order valence-electron chi connectivity index (χ1n) is 6.14. The van der Waals surface area contributed by atoms with Crippen LogP contribution < -0.4 is 5.73 Å². The largest absolute Gasteiger partial charge is 0.409 e. The number of nitrogens with zero attached hydrogens (tertiary/aromatic N) is 2. The van der Waals surface area contributed by atoms with E-state index < -0.39 is 0 Å². The lowest BCUT2D eigenvalue weighted by Crippen LogP contribution is -2.30. The maximum absolute atomic E-state index is 8.56. The van der Waals surface area contributed by atoms with Crippen LogP contribution in [0.2, 0.25) is 5.02 Å². The van der Waals surface area contributed by atoms with Gasteiger partial charge in [-0.25, -0.2) is 0 Å². The van der Waals surface area contributed by atoms with Gasteiger partial charge >= 0.3 is 0 Å². The highest BCUT2D eigenvalue weighted by Crippen LogP contribution is 2.29. The highest BCUT2D eigenvalue weighted by Gasteiger charge is 2.29. The van der Waals surface area contributed by atoms with E-state index in [1.807, 2.05) is 24.3 Å². The van der Waals surface area contributed by atoms with Crippen molar-refractivity contribution >= 4 is 17.4 Å². The van der Waals surface area contributed by atoms with Gasteiger partial charge in [-0.2, -0.15) is 0 Å². The monoisotopic (exact) mass is 267 g/mol. The standard InChI is InChI=1S/C13H18ClN3O/c14-12-4-2-1-3-10(12)9-17(11-5-6-11)8-7-13(15)16-18/h1-4,11,18H,5-9H2,(H2,15,16). The molecule has 1 aliphatic rings. The summed E-state index contributed by atoms with van der Waals surface area (Å²) in [5.41, 5.74) is 6.64. The maximum atomic E-state index is 8.56. The molecule has 1 fully saturated rings. The second-order valence-corrected chi connectivity index (χ2v) is 5.04. The summed E-state index contributed by atoms with van der Waals surface area (Å²) in [6, 6.07) is 8.50. The summed E-state index contributed by atoms with van der Waals surface area (Å²) < 4.78 is 0. The number of nitrogens with two attached hydrogens (primary N) is 1. The van der Waals surface area contributed by atoms with Gasteiger partial charge in [-0.1, -0.05) is 35.0 Å². The molecule has 0 heterocycles.